The van der Waals surface area contributed by atoms with Gasteiger partial charge >= 0.3 is 0 Å². The highest BCUT2D eigenvalue weighted by molar-refractivity contribution is 6.80. The van der Waals surface area contributed by atoms with Crippen LogP contribution < -0.4 is 0 Å². The van der Waals surface area contributed by atoms with Gasteiger partial charge in [0.25, 0.3) is 0 Å². The molecule has 0 heterocycles. The molecular formula is C29H40O2Si2. The average Bonchev–Trinajstić information content (AvgIpc) is 3.35. The van der Waals surface area contributed by atoms with E-state index in [0.29, 0.717) is 11.1 Å². The number of fused-ring (bicyclic) bond motifs is 2. The van der Waals surface area contributed by atoms with E-state index in [2.05, 4.69) is 101 Å². The highest BCUT2D eigenvalue weighted by Gasteiger charge is 2.45. The predicted octanol–water partition coefficient (Wildman–Crippen LogP) is 6.85. The highest BCUT2D eigenvalue weighted by atomic mass is 28.3. The molecule has 2 aliphatic rings. The van der Waals surface area contributed by atoms with Crippen molar-refractivity contribution in [2.45, 2.75) is 63.2 Å². The second kappa shape index (κ2) is 8.81. The van der Waals surface area contributed by atoms with Gasteiger partial charge in [0.1, 0.15) is 0 Å². The number of hydrogen-bond donors (Lipinski definition) is 2. The molecular weight excluding hydrogens is 436 g/mol. The molecule has 2 aliphatic carbocycles. The van der Waals surface area contributed by atoms with Crippen molar-refractivity contribution in [1.29, 1.82) is 0 Å². The average molecular weight is 477 g/mol. The molecule has 2 unspecified atom stereocenters. The van der Waals surface area contributed by atoms with Gasteiger partial charge in [0, 0.05) is 18.6 Å². The summed E-state index contributed by atoms with van der Waals surface area (Å²) in [4.78, 5) is 0. The van der Waals surface area contributed by atoms with E-state index < -0.39 is 16.1 Å². The number of benzene rings is 2. The Balaban J connectivity index is 1.84. The fourth-order valence-electron chi connectivity index (χ4n) is 6.13. The smallest absolute Gasteiger partial charge is 0.0619 e. The third kappa shape index (κ3) is 4.16. The molecule has 2 aromatic rings. The summed E-state index contributed by atoms with van der Waals surface area (Å²) >= 11 is 0. The lowest BCUT2D eigenvalue weighted by molar-refractivity contribution is 0.315. The Bertz CT molecular complexity index is 1010. The normalized spacial score (nSPS) is 20.4. The summed E-state index contributed by atoms with van der Waals surface area (Å²) in [6, 6.07) is 19.7. The van der Waals surface area contributed by atoms with Crippen LogP contribution in [0.4, 0.5) is 0 Å². The Labute approximate surface area is 202 Å². The van der Waals surface area contributed by atoms with E-state index in [0.717, 1.165) is 12.1 Å². The Morgan fingerprint density at radius 3 is 1.39 bits per heavy atom. The van der Waals surface area contributed by atoms with E-state index >= 15 is 0 Å². The maximum Gasteiger partial charge on any atom is 0.0619 e. The molecule has 0 saturated carbocycles. The molecule has 33 heavy (non-hydrogen) atoms. The van der Waals surface area contributed by atoms with Gasteiger partial charge in [-0.05, 0) is 56.6 Å². The van der Waals surface area contributed by atoms with Crippen molar-refractivity contribution in [2.75, 3.05) is 13.2 Å². The lowest BCUT2D eigenvalue weighted by atomic mass is 9.73. The number of allylic oxidation sites excluding steroid dienone is 4. The van der Waals surface area contributed by atoms with E-state index in [1.807, 2.05) is 0 Å². The summed E-state index contributed by atoms with van der Waals surface area (Å²) in [6.45, 7) is 15.0. The predicted molar refractivity (Wildman–Crippen MR) is 147 cm³/mol. The van der Waals surface area contributed by atoms with Gasteiger partial charge in [-0.2, -0.15) is 0 Å². The van der Waals surface area contributed by atoms with Crippen LogP contribution in [0.15, 0.2) is 60.7 Å². The number of hydrogen-bond acceptors (Lipinski definition) is 2. The molecule has 2 aromatic carbocycles. The van der Waals surface area contributed by atoms with E-state index in [1.54, 1.807) is 0 Å². The van der Waals surface area contributed by atoms with Gasteiger partial charge < -0.3 is 10.2 Å². The summed E-state index contributed by atoms with van der Waals surface area (Å²) < 4.78 is 0. The van der Waals surface area contributed by atoms with E-state index in [1.165, 1.54) is 33.4 Å². The first-order chi connectivity index (χ1) is 15.5. The Hall–Kier alpha value is -1.73. The maximum absolute atomic E-state index is 9.76. The first-order valence-electron chi connectivity index (χ1n) is 12.4. The molecule has 0 fully saturated rings. The molecule has 0 spiro atoms. The maximum atomic E-state index is 9.76. The fraction of sp³-hybridized carbons (Fsp3) is 0.448. The third-order valence-electron chi connectivity index (χ3n) is 8.38. The van der Waals surface area contributed by atoms with Crippen molar-refractivity contribution >= 4 is 27.3 Å². The van der Waals surface area contributed by atoms with Crippen LogP contribution in [-0.4, -0.2) is 39.6 Å². The quantitative estimate of drug-likeness (QED) is 0.409. The van der Waals surface area contributed by atoms with Gasteiger partial charge in [-0.15, -0.1) is 0 Å². The Kier molecular flexibility index (Phi) is 6.51. The molecule has 2 nitrogen and oxygen atoms in total. The molecule has 2 atom stereocenters. The number of rotatable bonds is 8. The lowest BCUT2D eigenvalue weighted by Gasteiger charge is -2.30. The van der Waals surface area contributed by atoms with Gasteiger partial charge in [0.2, 0.25) is 0 Å². The molecule has 2 N–H and O–H groups in total. The monoisotopic (exact) mass is 476 g/mol. The van der Waals surface area contributed by atoms with Crippen LogP contribution in [0, 0.1) is 5.41 Å². The van der Waals surface area contributed by atoms with Crippen LogP contribution >= 0.6 is 0 Å². The second-order valence-electron chi connectivity index (χ2n) is 11.8. The summed E-state index contributed by atoms with van der Waals surface area (Å²) in [7, 11) is -3.35. The number of aliphatic hydroxyl groups excluding tert-OH is 2. The van der Waals surface area contributed by atoms with Crippen molar-refractivity contribution in [3.05, 3.63) is 82.9 Å². The van der Waals surface area contributed by atoms with Crippen molar-refractivity contribution in [3.8, 4) is 0 Å². The van der Waals surface area contributed by atoms with Crippen molar-refractivity contribution in [3.63, 3.8) is 0 Å². The minimum absolute atomic E-state index is 0.122. The summed E-state index contributed by atoms with van der Waals surface area (Å²) in [5.74, 6) is 0. The van der Waals surface area contributed by atoms with E-state index in [4.69, 9.17) is 0 Å². The summed E-state index contributed by atoms with van der Waals surface area (Å²) in [5.41, 5.74) is 9.29. The van der Waals surface area contributed by atoms with Gasteiger partial charge in [-0.3, -0.25) is 0 Å². The van der Waals surface area contributed by atoms with Gasteiger partial charge in [-0.25, -0.2) is 0 Å². The fourth-order valence-corrected chi connectivity index (χ4v) is 11.3. The van der Waals surface area contributed by atoms with Crippen LogP contribution in [0.1, 0.15) is 47.2 Å². The lowest BCUT2D eigenvalue weighted by Crippen LogP contribution is -2.34. The highest BCUT2D eigenvalue weighted by Crippen LogP contribution is 2.57. The van der Waals surface area contributed by atoms with Gasteiger partial charge in [-0.1, -0.05) is 101 Å². The molecule has 4 rings (SSSR count). The van der Waals surface area contributed by atoms with E-state index in [9.17, 15) is 10.2 Å². The molecule has 0 bridgehead atoms. The van der Waals surface area contributed by atoms with Crippen LogP contribution in [0.25, 0.3) is 11.1 Å². The van der Waals surface area contributed by atoms with Gasteiger partial charge in [0.15, 0.2) is 0 Å². The molecule has 0 saturated heterocycles. The van der Waals surface area contributed by atoms with E-state index in [-0.39, 0.29) is 18.6 Å². The van der Waals surface area contributed by atoms with Crippen LogP contribution in [0.2, 0.25) is 38.3 Å². The summed E-state index contributed by atoms with van der Waals surface area (Å²) in [6.07, 6.45) is 5.11. The van der Waals surface area contributed by atoms with Crippen LogP contribution in [0.5, 0.6) is 0 Å². The van der Waals surface area contributed by atoms with Crippen molar-refractivity contribution in [2.24, 2.45) is 5.41 Å². The largest absolute Gasteiger partial charge is 0.397 e. The van der Waals surface area contributed by atoms with Crippen molar-refractivity contribution < 1.29 is 10.2 Å². The first-order valence-corrected chi connectivity index (χ1v) is 19.0. The molecule has 4 heteroatoms. The Morgan fingerprint density at radius 1 is 0.667 bits per heavy atom. The second-order valence-corrected chi connectivity index (χ2v) is 22.0. The SMILES string of the molecule is CC(C)(C1=CC([Si](C)(C)CCO)c2ccccc21)C1=CC([Si](C)(C)CCO)c2ccccc21. The van der Waals surface area contributed by atoms with Crippen molar-refractivity contribution in [1.82, 2.24) is 0 Å². The standard InChI is InChI=1S/C29H40O2Si2/c1-29(2,25-19-27(32(3,4)17-15-30)23-13-9-7-11-21(23)25)26-20-28(33(5,6)18-16-31)24-14-10-8-12-22(24)26/h7-14,19-20,27-28,30-31H,15-18H2,1-6H3. The molecule has 0 aromatic heterocycles. The minimum atomic E-state index is -1.67. The number of aliphatic hydroxyl groups is 2. The zero-order valence-corrected chi connectivity index (χ0v) is 23.2. The molecule has 0 aliphatic heterocycles. The minimum Gasteiger partial charge on any atom is -0.397 e. The molecule has 176 valence electrons. The zero-order chi connectivity index (χ0) is 24.0. The van der Waals surface area contributed by atoms with Gasteiger partial charge in [0.05, 0.1) is 16.1 Å². The molecule has 0 amide bonds. The summed E-state index contributed by atoms with van der Waals surface area (Å²) in [5, 5.41) is 19.5. The Morgan fingerprint density at radius 2 is 1.03 bits per heavy atom. The zero-order valence-electron chi connectivity index (χ0n) is 21.2. The third-order valence-corrected chi connectivity index (χ3v) is 15.7. The van der Waals surface area contributed by atoms with Crippen LogP contribution in [0.3, 0.4) is 0 Å². The molecule has 0 radical (unpaired) electrons. The topological polar surface area (TPSA) is 40.5 Å². The first kappa shape index (κ1) is 24.4. The van der Waals surface area contributed by atoms with Crippen LogP contribution in [-0.2, 0) is 0 Å².